The van der Waals surface area contributed by atoms with Crippen molar-refractivity contribution >= 4 is 5.97 Å². The molecule has 1 unspecified atom stereocenters. The smallest absolute Gasteiger partial charge is 0.358 e. The van der Waals surface area contributed by atoms with Crippen LogP contribution in [0.5, 0.6) is 0 Å². The number of morpholine rings is 1. The van der Waals surface area contributed by atoms with Gasteiger partial charge in [0.05, 0.1) is 32.1 Å². The van der Waals surface area contributed by atoms with Crippen LogP contribution in [-0.2, 0) is 11.3 Å². The lowest BCUT2D eigenvalue weighted by Crippen LogP contribution is -2.45. The monoisotopic (exact) mass is 256 g/mol. The highest BCUT2D eigenvalue weighted by Crippen LogP contribution is 2.04. The Kier molecular flexibility index (Phi) is 4.24. The summed E-state index contributed by atoms with van der Waals surface area (Å²) in [6.07, 6.45) is 1.27. The number of aliphatic hydroxyl groups excluding tert-OH is 1. The summed E-state index contributed by atoms with van der Waals surface area (Å²) in [6.45, 7) is 3.39. The molecule has 1 atom stereocenters. The number of carboxylic acid groups (broad SMARTS) is 1. The Hall–Kier alpha value is -1.51. The number of aliphatic hydroxyl groups is 1. The maximum Gasteiger partial charge on any atom is 0.358 e. The van der Waals surface area contributed by atoms with Gasteiger partial charge in [-0.25, -0.2) is 4.79 Å². The number of carbonyl (C=O) groups is 1. The number of hydrogen-bond donors (Lipinski definition) is 2. The third-order valence-electron chi connectivity index (χ3n) is 2.83. The quantitative estimate of drug-likeness (QED) is 0.673. The van der Waals surface area contributed by atoms with Crippen molar-refractivity contribution in [3.8, 4) is 0 Å². The molecular weight excluding hydrogens is 240 g/mol. The van der Waals surface area contributed by atoms with Gasteiger partial charge in [0, 0.05) is 19.6 Å². The van der Waals surface area contributed by atoms with Gasteiger partial charge in [0.2, 0.25) is 0 Å². The van der Waals surface area contributed by atoms with E-state index in [4.69, 9.17) is 14.9 Å². The molecule has 1 aromatic rings. The maximum atomic E-state index is 10.6. The molecule has 1 aliphatic rings. The topological polar surface area (TPSA) is 101 Å². The highest BCUT2D eigenvalue weighted by molar-refractivity contribution is 5.84. The molecule has 2 rings (SSSR count). The Morgan fingerprint density at radius 1 is 1.56 bits per heavy atom. The highest BCUT2D eigenvalue weighted by atomic mass is 16.5. The summed E-state index contributed by atoms with van der Waals surface area (Å²) in [5, 5.41) is 25.0. The summed E-state index contributed by atoms with van der Waals surface area (Å²) < 4.78 is 6.85. The molecule has 1 aliphatic heterocycles. The van der Waals surface area contributed by atoms with E-state index < -0.39 is 5.97 Å². The molecule has 0 aliphatic carbocycles. The fraction of sp³-hybridized carbons (Fsp3) is 0.700. The van der Waals surface area contributed by atoms with Gasteiger partial charge in [-0.3, -0.25) is 9.58 Å². The van der Waals surface area contributed by atoms with Crippen LogP contribution in [0.3, 0.4) is 0 Å². The number of ether oxygens (including phenoxy) is 1. The molecule has 0 aromatic carbocycles. The van der Waals surface area contributed by atoms with Gasteiger partial charge in [-0.05, 0) is 0 Å². The van der Waals surface area contributed by atoms with Gasteiger partial charge in [-0.15, -0.1) is 5.10 Å². The van der Waals surface area contributed by atoms with Gasteiger partial charge in [0.15, 0.2) is 5.69 Å². The largest absolute Gasteiger partial charge is 0.476 e. The van der Waals surface area contributed by atoms with Crippen molar-refractivity contribution in [2.75, 3.05) is 32.8 Å². The number of carboxylic acids is 1. The molecule has 0 spiro atoms. The summed E-state index contributed by atoms with van der Waals surface area (Å²) in [5.41, 5.74) is -0.0507. The predicted molar refractivity (Wildman–Crippen MR) is 60.2 cm³/mol. The summed E-state index contributed by atoms with van der Waals surface area (Å²) in [7, 11) is 0. The lowest BCUT2D eigenvalue weighted by Gasteiger charge is -2.31. The molecular formula is C10H16N4O4. The van der Waals surface area contributed by atoms with Crippen molar-refractivity contribution in [1.82, 2.24) is 19.9 Å². The van der Waals surface area contributed by atoms with E-state index in [2.05, 4.69) is 15.2 Å². The first kappa shape index (κ1) is 12.9. The fourth-order valence-electron chi connectivity index (χ4n) is 1.84. The second kappa shape index (κ2) is 5.89. The zero-order chi connectivity index (χ0) is 13.0. The van der Waals surface area contributed by atoms with Crippen LogP contribution in [0.25, 0.3) is 0 Å². The Bertz CT molecular complexity index is 408. The fourth-order valence-corrected chi connectivity index (χ4v) is 1.84. The molecule has 0 radical (unpaired) electrons. The van der Waals surface area contributed by atoms with Crippen LogP contribution in [0, 0.1) is 0 Å². The van der Waals surface area contributed by atoms with Gasteiger partial charge in [-0.1, -0.05) is 5.21 Å². The van der Waals surface area contributed by atoms with Crippen LogP contribution in [0.2, 0.25) is 0 Å². The molecule has 2 N–H and O–H groups in total. The highest BCUT2D eigenvalue weighted by Gasteiger charge is 2.19. The summed E-state index contributed by atoms with van der Waals surface area (Å²) in [6, 6.07) is 0. The van der Waals surface area contributed by atoms with E-state index in [1.807, 2.05) is 0 Å². The van der Waals surface area contributed by atoms with Crippen molar-refractivity contribution in [1.29, 1.82) is 0 Å². The number of aromatic nitrogens is 3. The molecule has 1 fully saturated rings. The van der Waals surface area contributed by atoms with E-state index in [0.29, 0.717) is 19.7 Å². The molecule has 0 bridgehead atoms. The van der Waals surface area contributed by atoms with Crippen LogP contribution >= 0.6 is 0 Å². The van der Waals surface area contributed by atoms with Crippen LogP contribution in [0.1, 0.15) is 10.5 Å². The van der Waals surface area contributed by atoms with Gasteiger partial charge < -0.3 is 14.9 Å². The average molecular weight is 256 g/mol. The molecule has 0 saturated carbocycles. The minimum atomic E-state index is -1.08. The maximum absolute atomic E-state index is 10.6. The SMILES string of the molecule is O=C(O)c1cn(CCN2CCOC(CO)C2)nn1. The van der Waals surface area contributed by atoms with Gasteiger partial charge in [0.1, 0.15) is 0 Å². The molecule has 100 valence electrons. The molecule has 8 heteroatoms. The molecule has 2 heterocycles. The molecule has 1 aromatic heterocycles. The Balaban J connectivity index is 1.81. The zero-order valence-electron chi connectivity index (χ0n) is 9.90. The van der Waals surface area contributed by atoms with Crippen LogP contribution in [0.15, 0.2) is 6.20 Å². The Labute approximate surface area is 104 Å². The van der Waals surface area contributed by atoms with E-state index in [9.17, 15) is 4.79 Å². The van der Waals surface area contributed by atoms with Crippen molar-refractivity contribution in [3.05, 3.63) is 11.9 Å². The number of nitrogens with zero attached hydrogens (tertiary/aromatic N) is 4. The molecule has 18 heavy (non-hydrogen) atoms. The third-order valence-corrected chi connectivity index (χ3v) is 2.83. The molecule has 1 saturated heterocycles. The van der Waals surface area contributed by atoms with Gasteiger partial charge >= 0.3 is 5.97 Å². The van der Waals surface area contributed by atoms with E-state index in [1.54, 1.807) is 0 Å². The lowest BCUT2D eigenvalue weighted by molar-refractivity contribution is -0.0535. The van der Waals surface area contributed by atoms with Crippen molar-refractivity contribution in [2.45, 2.75) is 12.6 Å². The normalized spacial score (nSPS) is 21.1. The first-order valence-corrected chi connectivity index (χ1v) is 5.77. The summed E-state index contributed by atoms with van der Waals surface area (Å²) in [4.78, 5) is 12.8. The Morgan fingerprint density at radius 3 is 3.06 bits per heavy atom. The average Bonchev–Trinajstić information content (AvgIpc) is 2.85. The van der Waals surface area contributed by atoms with Crippen molar-refractivity contribution < 1.29 is 19.7 Å². The minimum Gasteiger partial charge on any atom is -0.476 e. The first-order chi connectivity index (χ1) is 8.69. The van der Waals surface area contributed by atoms with Crippen LogP contribution in [0.4, 0.5) is 0 Å². The number of aromatic carboxylic acids is 1. The van der Waals surface area contributed by atoms with Crippen LogP contribution < -0.4 is 0 Å². The van der Waals surface area contributed by atoms with Gasteiger partial charge in [-0.2, -0.15) is 0 Å². The lowest BCUT2D eigenvalue weighted by atomic mass is 10.3. The van der Waals surface area contributed by atoms with E-state index in [1.165, 1.54) is 10.9 Å². The Morgan fingerprint density at radius 2 is 2.39 bits per heavy atom. The van der Waals surface area contributed by atoms with E-state index >= 15 is 0 Å². The van der Waals surface area contributed by atoms with E-state index in [0.717, 1.165) is 13.1 Å². The predicted octanol–water partition coefficient (Wildman–Crippen LogP) is -1.33. The summed E-state index contributed by atoms with van der Waals surface area (Å²) in [5.74, 6) is -1.08. The number of hydrogen-bond acceptors (Lipinski definition) is 6. The van der Waals surface area contributed by atoms with Crippen molar-refractivity contribution in [2.24, 2.45) is 0 Å². The second-order valence-corrected chi connectivity index (χ2v) is 4.15. The summed E-state index contributed by atoms with van der Waals surface area (Å²) >= 11 is 0. The molecule has 8 nitrogen and oxygen atoms in total. The second-order valence-electron chi connectivity index (χ2n) is 4.15. The standard InChI is InChI=1S/C10H16N4O4/c15-7-8-5-13(3-4-18-8)1-2-14-6-9(10(16)17)11-12-14/h6,8,15H,1-5,7H2,(H,16,17). The third kappa shape index (κ3) is 3.25. The van der Waals surface area contributed by atoms with E-state index in [-0.39, 0.29) is 18.4 Å². The van der Waals surface area contributed by atoms with Crippen LogP contribution in [-0.4, -0.2) is 75.0 Å². The number of rotatable bonds is 5. The van der Waals surface area contributed by atoms with Gasteiger partial charge in [0.25, 0.3) is 0 Å². The minimum absolute atomic E-state index is 0.0169. The zero-order valence-corrected chi connectivity index (χ0v) is 9.90. The molecule has 0 amide bonds. The first-order valence-electron chi connectivity index (χ1n) is 5.77. The van der Waals surface area contributed by atoms with Crippen molar-refractivity contribution in [3.63, 3.8) is 0 Å².